The maximum absolute atomic E-state index is 11.4. The summed E-state index contributed by atoms with van der Waals surface area (Å²) in [4.78, 5) is 20.5. The van der Waals surface area contributed by atoms with Gasteiger partial charge in [0.25, 0.3) is 0 Å². The van der Waals surface area contributed by atoms with Gasteiger partial charge in [-0.05, 0) is 12.8 Å². The number of carbonyl (C=O) groups is 1. The average molecular weight is 285 g/mol. The molecule has 1 aliphatic rings. The van der Waals surface area contributed by atoms with Gasteiger partial charge in [-0.15, -0.1) is 0 Å². The van der Waals surface area contributed by atoms with Crippen molar-refractivity contribution in [3.05, 3.63) is 12.4 Å². The SMILES string of the molecule is CS(=O)(=O)c1cc(N2CCC[C@@H](C(=O)O)C2)ncn1. The Bertz CT molecular complexity index is 587. The molecule has 0 aliphatic carbocycles. The van der Waals surface area contributed by atoms with Gasteiger partial charge in [0.1, 0.15) is 12.1 Å². The summed E-state index contributed by atoms with van der Waals surface area (Å²) in [6.45, 7) is 1.01. The van der Waals surface area contributed by atoms with E-state index in [1.165, 1.54) is 12.4 Å². The maximum Gasteiger partial charge on any atom is 0.308 e. The summed E-state index contributed by atoms with van der Waals surface area (Å²) in [6.07, 6.45) is 3.65. The molecule has 0 unspecified atom stereocenters. The molecule has 0 aromatic carbocycles. The lowest BCUT2D eigenvalue weighted by Gasteiger charge is -2.31. The molecule has 2 heterocycles. The van der Waals surface area contributed by atoms with E-state index in [2.05, 4.69) is 9.97 Å². The third-order valence-electron chi connectivity index (χ3n) is 3.10. The minimum Gasteiger partial charge on any atom is -0.481 e. The predicted octanol–water partition coefficient (Wildman–Crippen LogP) is 0.181. The Labute approximate surface area is 111 Å². The molecule has 0 spiro atoms. The van der Waals surface area contributed by atoms with Gasteiger partial charge >= 0.3 is 5.97 Å². The molecule has 19 heavy (non-hydrogen) atoms. The highest BCUT2D eigenvalue weighted by atomic mass is 32.2. The molecule has 0 bridgehead atoms. The summed E-state index contributed by atoms with van der Waals surface area (Å²) in [5.74, 6) is -0.811. The number of aliphatic carboxylic acids is 1. The van der Waals surface area contributed by atoms with Crippen LogP contribution in [0.15, 0.2) is 17.4 Å². The summed E-state index contributed by atoms with van der Waals surface area (Å²) in [5.41, 5.74) is 0. The van der Waals surface area contributed by atoms with Gasteiger partial charge < -0.3 is 10.0 Å². The van der Waals surface area contributed by atoms with Gasteiger partial charge in [0.15, 0.2) is 14.9 Å². The van der Waals surface area contributed by atoms with E-state index >= 15 is 0 Å². The third-order valence-corrected chi connectivity index (χ3v) is 4.09. The van der Waals surface area contributed by atoms with Crippen LogP contribution in [0.2, 0.25) is 0 Å². The molecule has 1 aromatic rings. The lowest BCUT2D eigenvalue weighted by Crippen LogP contribution is -2.39. The van der Waals surface area contributed by atoms with Crippen LogP contribution in [0.1, 0.15) is 12.8 Å². The zero-order valence-corrected chi connectivity index (χ0v) is 11.3. The Morgan fingerprint density at radius 1 is 1.47 bits per heavy atom. The molecule has 1 fully saturated rings. The van der Waals surface area contributed by atoms with Crippen LogP contribution in [0, 0.1) is 5.92 Å². The highest BCUT2D eigenvalue weighted by molar-refractivity contribution is 7.90. The fourth-order valence-corrected chi connectivity index (χ4v) is 2.65. The van der Waals surface area contributed by atoms with E-state index in [-0.39, 0.29) is 5.03 Å². The first-order valence-corrected chi connectivity index (χ1v) is 7.77. The third kappa shape index (κ3) is 3.19. The van der Waals surface area contributed by atoms with Gasteiger partial charge in [0.2, 0.25) is 0 Å². The molecule has 1 atom stereocenters. The van der Waals surface area contributed by atoms with Gasteiger partial charge in [0.05, 0.1) is 5.92 Å². The first-order valence-electron chi connectivity index (χ1n) is 5.88. The normalized spacial score (nSPS) is 20.3. The number of carboxylic acids is 1. The van der Waals surface area contributed by atoms with E-state index in [1.54, 1.807) is 4.90 Å². The average Bonchev–Trinajstić information content (AvgIpc) is 2.38. The minimum atomic E-state index is -3.39. The molecular weight excluding hydrogens is 270 g/mol. The van der Waals surface area contributed by atoms with Crippen molar-refractivity contribution < 1.29 is 18.3 Å². The molecule has 8 heteroatoms. The second-order valence-electron chi connectivity index (χ2n) is 4.61. The van der Waals surface area contributed by atoms with Crippen LogP contribution >= 0.6 is 0 Å². The van der Waals surface area contributed by atoms with E-state index in [1.807, 2.05) is 0 Å². The monoisotopic (exact) mass is 285 g/mol. The number of piperidine rings is 1. The summed E-state index contributed by atoms with van der Waals surface area (Å²) in [7, 11) is -3.39. The Kier molecular flexibility index (Phi) is 3.70. The van der Waals surface area contributed by atoms with Gasteiger partial charge in [0, 0.05) is 25.4 Å². The van der Waals surface area contributed by atoms with Crippen LogP contribution in [-0.4, -0.2) is 48.8 Å². The fraction of sp³-hybridized carbons (Fsp3) is 0.545. The second-order valence-corrected chi connectivity index (χ2v) is 6.57. The van der Waals surface area contributed by atoms with E-state index in [9.17, 15) is 13.2 Å². The number of sulfone groups is 1. The summed E-state index contributed by atoms with van der Waals surface area (Å²) < 4.78 is 22.9. The molecule has 1 aromatic heterocycles. The minimum absolute atomic E-state index is 0.0463. The number of carboxylic acid groups (broad SMARTS) is 1. The van der Waals surface area contributed by atoms with E-state index in [4.69, 9.17) is 5.11 Å². The number of aromatic nitrogens is 2. The topological polar surface area (TPSA) is 100 Å². The maximum atomic E-state index is 11.4. The van der Waals surface area contributed by atoms with Gasteiger partial charge in [-0.1, -0.05) is 0 Å². The number of nitrogens with zero attached hydrogens (tertiary/aromatic N) is 3. The largest absolute Gasteiger partial charge is 0.481 e. The first-order chi connectivity index (χ1) is 8.88. The molecular formula is C11H15N3O4S. The van der Waals surface area contributed by atoms with Crippen LogP contribution in [0.3, 0.4) is 0 Å². The Hall–Kier alpha value is -1.70. The van der Waals surface area contributed by atoms with Crippen molar-refractivity contribution in [1.82, 2.24) is 9.97 Å². The van der Waals surface area contributed by atoms with Gasteiger partial charge in [-0.2, -0.15) is 0 Å². The standard InChI is InChI=1S/C11H15N3O4S/c1-19(17,18)10-5-9(12-7-13-10)14-4-2-3-8(6-14)11(15)16/h5,7-8H,2-4,6H2,1H3,(H,15,16)/t8-/m1/s1. The first kappa shape index (κ1) is 13.7. The van der Waals surface area contributed by atoms with Gasteiger partial charge in [-0.25, -0.2) is 18.4 Å². The number of anilines is 1. The van der Waals surface area contributed by atoms with E-state index < -0.39 is 21.7 Å². The molecule has 1 saturated heterocycles. The molecule has 2 rings (SSSR count). The number of hydrogen-bond donors (Lipinski definition) is 1. The molecule has 0 saturated carbocycles. The molecule has 0 radical (unpaired) electrons. The summed E-state index contributed by atoms with van der Waals surface area (Å²) in [5, 5.41) is 8.99. The van der Waals surface area contributed by atoms with Crippen LogP contribution < -0.4 is 4.90 Å². The number of hydrogen-bond acceptors (Lipinski definition) is 6. The molecule has 1 aliphatic heterocycles. The number of rotatable bonds is 3. The van der Waals surface area contributed by atoms with E-state index in [0.29, 0.717) is 25.3 Å². The van der Waals surface area contributed by atoms with Crippen molar-refractivity contribution in [3.8, 4) is 0 Å². The van der Waals surface area contributed by atoms with Crippen LogP contribution in [0.25, 0.3) is 0 Å². The molecule has 7 nitrogen and oxygen atoms in total. The summed E-state index contributed by atoms with van der Waals surface area (Å²) >= 11 is 0. The zero-order chi connectivity index (χ0) is 14.0. The van der Waals surface area contributed by atoms with Crippen molar-refractivity contribution in [1.29, 1.82) is 0 Å². The van der Waals surface area contributed by atoms with Crippen molar-refractivity contribution in [2.45, 2.75) is 17.9 Å². The molecule has 104 valence electrons. The van der Waals surface area contributed by atoms with Crippen LogP contribution in [-0.2, 0) is 14.6 Å². The molecule has 1 N–H and O–H groups in total. The predicted molar refractivity (Wildman–Crippen MR) is 67.7 cm³/mol. The Balaban J connectivity index is 2.24. The van der Waals surface area contributed by atoms with Crippen molar-refractivity contribution in [3.63, 3.8) is 0 Å². The van der Waals surface area contributed by atoms with Crippen LogP contribution in [0.4, 0.5) is 5.82 Å². The smallest absolute Gasteiger partial charge is 0.308 e. The second kappa shape index (κ2) is 5.12. The Morgan fingerprint density at radius 3 is 2.84 bits per heavy atom. The summed E-state index contributed by atoms with van der Waals surface area (Å²) in [6, 6.07) is 1.39. The van der Waals surface area contributed by atoms with E-state index in [0.717, 1.165) is 12.7 Å². The lowest BCUT2D eigenvalue weighted by atomic mass is 9.98. The highest BCUT2D eigenvalue weighted by Crippen LogP contribution is 2.22. The lowest BCUT2D eigenvalue weighted by molar-refractivity contribution is -0.141. The van der Waals surface area contributed by atoms with Gasteiger partial charge in [-0.3, -0.25) is 4.79 Å². The van der Waals surface area contributed by atoms with Crippen molar-refractivity contribution in [2.75, 3.05) is 24.2 Å². The zero-order valence-electron chi connectivity index (χ0n) is 10.5. The van der Waals surface area contributed by atoms with Crippen molar-refractivity contribution >= 4 is 21.6 Å². The van der Waals surface area contributed by atoms with Crippen LogP contribution in [0.5, 0.6) is 0 Å². The Morgan fingerprint density at radius 2 is 2.21 bits per heavy atom. The highest BCUT2D eigenvalue weighted by Gasteiger charge is 2.26. The quantitative estimate of drug-likeness (QED) is 0.791. The van der Waals surface area contributed by atoms with Crippen molar-refractivity contribution in [2.24, 2.45) is 5.92 Å². The fourth-order valence-electron chi connectivity index (χ4n) is 2.09. The molecule has 0 amide bonds.